The second kappa shape index (κ2) is 7.15. The van der Waals surface area contributed by atoms with Gasteiger partial charge in [0, 0.05) is 17.8 Å². The van der Waals surface area contributed by atoms with Crippen LogP contribution in [0.2, 0.25) is 0 Å². The molecule has 1 N–H and O–H groups in total. The van der Waals surface area contributed by atoms with E-state index in [1.165, 1.54) is 5.56 Å². The Bertz CT molecular complexity index is 953. The van der Waals surface area contributed by atoms with E-state index < -0.39 is 0 Å². The first-order valence-electron chi connectivity index (χ1n) is 8.75. The van der Waals surface area contributed by atoms with E-state index in [-0.39, 0.29) is 12.5 Å². The van der Waals surface area contributed by atoms with Crippen LogP contribution < -0.4 is 5.32 Å². The molecule has 0 saturated heterocycles. The smallest absolute Gasteiger partial charge is 0.274 e. The second-order valence-electron chi connectivity index (χ2n) is 6.64. The van der Waals surface area contributed by atoms with Gasteiger partial charge in [0.2, 0.25) is 5.91 Å². The minimum Gasteiger partial charge on any atom is -0.332 e. The van der Waals surface area contributed by atoms with Crippen LogP contribution in [0.1, 0.15) is 35.1 Å². The first-order valence-corrected chi connectivity index (χ1v) is 8.75. The van der Waals surface area contributed by atoms with Crippen molar-refractivity contribution in [2.45, 2.75) is 47.6 Å². The average molecular weight is 352 g/mol. The molecule has 1 aromatic carbocycles. The molecular formula is C20H24N4O2. The molecule has 0 aliphatic carbocycles. The quantitative estimate of drug-likeness (QED) is 0.754. The molecule has 0 radical (unpaired) electrons. The standard InChI is InChI=1S/C20H24N4O2/c1-6-17-22-20(26-23-17)19-14(4)10-15(5)24(19)11-18(25)21-16-8-7-12(2)9-13(16)3/h7-10H,6,11H2,1-5H3,(H,21,25). The zero-order chi connectivity index (χ0) is 18.8. The normalized spacial score (nSPS) is 11.0. The summed E-state index contributed by atoms with van der Waals surface area (Å²) in [5.41, 5.74) is 5.82. The summed E-state index contributed by atoms with van der Waals surface area (Å²) in [7, 11) is 0. The molecule has 0 unspecified atom stereocenters. The van der Waals surface area contributed by atoms with E-state index in [0.29, 0.717) is 18.1 Å². The molecule has 0 atom stereocenters. The first-order chi connectivity index (χ1) is 12.4. The number of anilines is 1. The number of amides is 1. The van der Waals surface area contributed by atoms with Crippen molar-refractivity contribution in [1.29, 1.82) is 0 Å². The van der Waals surface area contributed by atoms with Crippen molar-refractivity contribution >= 4 is 11.6 Å². The summed E-state index contributed by atoms with van der Waals surface area (Å²) in [5.74, 6) is 1.02. The van der Waals surface area contributed by atoms with Gasteiger partial charge in [0.1, 0.15) is 12.2 Å². The number of aryl methyl sites for hydroxylation is 5. The first kappa shape index (κ1) is 17.9. The van der Waals surface area contributed by atoms with Gasteiger partial charge < -0.3 is 14.4 Å². The summed E-state index contributed by atoms with van der Waals surface area (Å²) in [5, 5.41) is 6.96. The third-order valence-electron chi connectivity index (χ3n) is 4.44. The second-order valence-corrected chi connectivity index (χ2v) is 6.64. The summed E-state index contributed by atoms with van der Waals surface area (Å²) in [6, 6.07) is 8.00. The summed E-state index contributed by atoms with van der Waals surface area (Å²) < 4.78 is 7.31. The Balaban J connectivity index is 1.86. The molecule has 0 bridgehead atoms. The van der Waals surface area contributed by atoms with Gasteiger partial charge in [-0.25, -0.2) is 0 Å². The molecule has 0 aliphatic heterocycles. The number of hydrogen-bond acceptors (Lipinski definition) is 4. The highest BCUT2D eigenvalue weighted by Crippen LogP contribution is 2.26. The van der Waals surface area contributed by atoms with Gasteiger partial charge in [-0.1, -0.05) is 29.8 Å². The van der Waals surface area contributed by atoms with Crippen LogP contribution in [0.15, 0.2) is 28.8 Å². The minimum atomic E-state index is -0.0906. The van der Waals surface area contributed by atoms with Crippen molar-refractivity contribution in [2.24, 2.45) is 0 Å². The van der Waals surface area contributed by atoms with Gasteiger partial charge in [0.25, 0.3) is 5.89 Å². The van der Waals surface area contributed by atoms with Gasteiger partial charge in [-0.2, -0.15) is 4.98 Å². The van der Waals surface area contributed by atoms with E-state index in [2.05, 4.69) is 21.5 Å². The van der Waals surface area contributed by atoms with Gasteiger partial charge in [0.05, 0.1) is 0 Å². The fraction of sp³-hybridized carbons (Fsp3) is 0.350. The predicted molar refractivity (Wildman–Crippen MR) is 101 cm³/mol. The third-order valence-corrected chi connectivity index (χ3v) is 4.44. The van der Waals surface area contributed by atoms with Crippen LogP contribution in [0, 0.1) is 27.7 Å². The fourth-order valence-corrected chi connectivity index (χ4v) is 3.12. The zero-order valence-electron chi connectivity index (χ0n) is 15.9. The van der Waals surface area contributed by atoms with Crippen molar-refractivity contribution in [2.75, 3.05) is 5.32 Å². The molecule has 0 fully saturated rings. The van der Waals surface area contributed by atoms with Crippen LogP contribution in [0.25, 0.3) is 11.6 Å². The van der Waals surface area contributed by atoms with Gasteiger partial charge in [0.15, 0.2) is 5.82 Å². The summed E-state index contributed by atoms with van der Waals surface area (Å²) in [6.45, 7) is 10.1. The fourth-order valence-electron chi connectivity index (χ4n) is 3.12. The van der Waals surface area contributed by atoms with Gasteiger partial charge in [-0.05, 0) is 51.0 Å². The molecule has 6 nitrogen and oxygen atoms in total. The number of hydrogen-bond donors (Lipinski definition) is 1. The van der Waals surface area contributed by atoms with E-state index in [1.54, 1.807) is 0 Å². The van der Waals surface area contributed by atoms with Crippen molar-refractivity contribution in [3.8, 4) is 11.6 Å². The van der Waals surface area contributed by atoms with Crippen molar-refractivity contribution in [3.05, 3.63) is 52.5 Å². The van der Waals surface area contributed by atoms with Crippen LogP contribution in [0.5, 0.6) is 0 Å². The molecular weight excluding hydrogens is 328 g/mol. The van der Waals surface area contributed by atoms with Crippen LogP contribution in [-0.2, 0) is 17.8 Å². The van der Waals surface area contributed by atoms with E-state index in [1.807, 2.05) is 57.4 Å². The summed E-state index contributed by atoms with van der Waals surface area (Å²) in [6.07, 6.45) is 0.704. The van der Waals surface area contributed by atoms with Crippen LogP contribution >= 0.6 is 0 Å². The lowest BCUT2D eigenvalue weighted by Crippen LogP contribution is -2.20. The highest BCUT2D eigenvalue weighted by molar-refractivity contribution is 5.91. The molecule has 0 aliphatic rings. The van der Waals surface area contributed by atoms with Gasteiger partial charge in [-0.15, -0.1) is 0 Å². The van der Waals surface area contributed by atoms with Crippen LogP contribution in [-0.4, -0.2) is 20.6 Å². The molecule has 3 aromatic rings. The molecule has 26 heavy (non-hydrogen) atoms. The lowest BCUT2D eigenvalue weighted by atomic mass is 10.1. The largest absolute Gasteiger partial charge is 0.332 e. The topological polar surface area (TPSA) is 73.0 Å². The van der Waals surface area contributed by atoms with E-state index in [4.69, 9.17) is 4.52 Å². The maximum Gasteiger partial charge on any atom is 0.274 e. The Morgan fingerprint density at radius 3 is 2.58 bits per heavy atom. The molecule has 136 valence electrons. The SMILES string of the molecule is CCc1noc(-c2c(C)cc(C)n2CC(=O)Nc2ccc(C)cc2C)n1. The Kier molecular flexibility index (Phi) is 4.93. The number of nitrogens with one attached hydrogen (secondary N) is 1. The summed E-state index contributed by atoms with van der Waals surface area (Å²) in [4.78, 5) is 17.0. The van der Waals surface area contributed by atoms with Crippen molar-refractivity contribution < 1.29 is 9.32 Å². The maximum absolute atomic E-state index is 12.6. The van der Waals surface area contributed by atoms with E-state index >= 15 is 0 Å². The number of rotatable bonds is 5. The summed E-state index contributed by atoms with van der Waals surface area (Å²) >= 11 is 0. The number of nitrogens with zero attached hydrogens (tertiary/aromatic N) is 3. The van der Waals surface area contributed by atoms with Crippen molar-refractivity contribution in [3.63, 3.8) is 0 Å². The van der Waals surface area contributed by atoms with E-state index in [0.717, 1.165) is 28.2 Å². The van der Waals surface area contributed by atoms with Crippen molar-refractivity contribution in [1.82, 2.24) is 14.7 Å². The Hall–Kier alpha value is -2.89. The Morgan fingerprint density at radius 2 is 1.92 bits per heavy atom. The van der Waals surface area contributed by atoms with Crippen LogP contribution in [0.4, 0.5) is 5.69 Å². The zero-order valence-corrected chi connectivity index (χ0v) is 15.9. The van der Waals surface area contributed by atoms with Gasteiger partial charge in [-0.3, -0.25) is 4.79 Å². The Morgan fingerprint density at radius 1 is 1.15 bits per heavy atom. The number of carbonyl (C=O) groups is 1. The highest BCUT2D eigenvalue weighted by Gasteiger charge is 2.19. The highest BCUT2D eigenvalue weighted by atomic mass is 16.5. The molecule has 6 heteroatoms. The number of aromatic nitrogens is 3. The third kappa shape index (κ3) is 3.54. The molecule has 1 amide bonds. The number of benzene rings is 1. The molecule has 2 aromatic heterocycles. The molecule has 0 spiro atoms. The lowest BCUT2D eigenvalue weighted by molar-refractivity contribution is -0.116. The van der Waals surface area contributed by atoms with E-state index in [9.17, 15) is 4.79 Å². The maximum atomic E-state index is 12.6. The average Bonchev–Trinajstić information content (AvgIpc) is 3.15. The van der Waals surface area contributed by atoms with Gasteiger partial charge >= 0.3 is 0 Å². The Labute approximate surface area is 153 Å². The lowest BCUT2D eigenvalue weighted by Gasteiger charge is -2.12. The molecule has 2 heterocycles. The predicted octanol–water partition coefficient (Wildman–Crippen LogP) is 3.97. The van der Waals surface area contributed by atoms with Crippen LogP contribution in [0.3, 0.4) is 0 Å². The minimum absolute atomic E-state index is 0.0906. The monoisotopic (exact) mass is 352 g/mol. The molecule has 3 rings (SSSR count). The molecule has 0 saturated carbocycles. The number of carbonyl (C=O) groups excluding carboxylic acids is 1.